The van der Waals surface area contributed by atoms with Gasteiger partial charge in [-0.1, -0.05) is 37.6 Å². The van der Waals surface area contributed by atoms with Crippen molar-refractivity contribution in [3.05, 3.63) is 59.7 Å². The number of carbonyl (C=O) groups excluding carboxylic acids is 1. The zero-order valence-electron chi connectivity index (χ0n) is 17.1. The van der Waals surface area contributed by atoms with Crippen LogP contribution in [-0.4, -0.2) is 38.3 Å². The molecule has 0 spiro atoms. The molecule has 1 fully saturated rings. The SMILES string of the molecule is CCCC(N)C(=O)NCc1cccc(OCc2cccc(N3CCOCC3)c2)c1. The Bertz CT molecular complexity index is 790. The van der Waals surface area contributed by atoms with E-state index in [2.05, 4.69) is 34.5 Å². The minimum Gasteiger partial charge on any atom is -0.489 e. The minimum absolute atomic E-state index is 0.113. The first-order valence-corrected chi connectivity index (χ1v) is 10.3. The van der Waals surface area contributed by atoms with Crippen molar-refractivity contribution in [2.24, 2.45) is 5.73 Å². The third kappa shape index (κ3) is 6.48. The second-order valence-electron chi connectivity index (χ2n) is 7.32. The molecule has 1 aliphatic heterocycles. The Labute approximate surface area is 173 Å². The summed E-state index contributed by atoms with van der Waals surface area (Å²) >= 11 is 0. The number of nitrogens with one attached hydrogen (secondary N) is 1. The van der Waals surface area contributed by atoms with Crippen LogP contribution in [0, 0.1) is 0 Å². The van der Waals surface area contributed by atoms with E-state index in [-0.39, 0.29) is 5.91 Å². The molecule has 1 aliphatic rings. The third-order valence-corrected chi connectivity index (χ3v) is 4.99. The molecule has 0 bridgehead atoms. The van der Waals surface area contributed by atoms with Gasteiger partial charge in [-0.25, -0.2) is 0 Å². The Morgan fingerprint density at radius 3 is 2.72 bits per heavy atom. The lowest BCUT2D eigenvalue weighted by Crippen LogP contribution is -2.40. The van der Waals surface area contributed by atoms with E-state index in [0.717, 1.165) is 49.6 Å². The lowest BCUT2D eigenvalue weighted by molar-refractivity contribution is -0.122. The molecule has 0 saturated carbocycles. The fourth-order valence-electron chi connectivity index (χ4n) is 3.34. The van der Waals surface area contributed by atoms with Gasteiger partial charge in [0, 0.05) is 25.3 Å². The van der Waals surface area contributed by atoms with Gasteiger partial charge in [-0.3, -0.25) is 4.79 Å². The largest absolute Gasteiger partial charge is 0.489 e. The maximum absolute atomic E-state index is 12.0. The predicted octanol–water partition coefficient (Wildman–Crippen LogP) is 2.85. The molecule has 0 aliphatic carbocycles. The van der Waals surface area contributed by atoms with Crippen LogP contribution in [-0.2, 0) is 22.7 Å². The number of carbonyl (C=O) groups is 1. The number of nitrogens with two attached hydrogens (primary N) is 1. The number of anilines is 1. The summed E-state index contributed by atoms with van der Waals surface area (Å²) in [4.78, 5) is 14.3. The average Bonchev–Trinajstić information content (AvgIpc) is 2.77. The number of nitrogens with zero attached hydrogens (tertiary/aromatic N) is 1. The van der Waals surface area contributed by atoms with Crippen molar-refractivity contribution in [3.8, 4) is 5.75 Å². The van der Waals surface area contributed by atoms with Crippen LogP contribution in [0.4, 0.5) is 5.69 Å². The lowest BCUT2D eigenvalue weighted by Gasteiger charge is -2.29. The van der Waals surface area contributed by atoms with Gasteiger partial charge in [0.1, 0.15) is 12.4 Å². The predicted molar refractivity (Wildman–Crippen MR) is 115 cm³/mol. The Morgan fingerprint density at radius 1 is 1.17 bits per heavy atom. The van der Waals surface area contributed by atoms with Gasteiger partial charge in [0.2, 0.25) is 5.91 Å². The minimum atomic E-state index is -0.446. The number of benzene rings is 2. The first kappa shape index (κ1) is 21.1. The monoisotopic (exact) mass is 397 g/mol. The highest BCUT2D eigenvalue weighted by Gasteiger charge is 2.12. The third-order valence-electron chi connectivity index (χ3n) is 4.99. The van der Waals surface area contributed by atoms with Gasteiger partial charge in [0.25, 0.3) is 0 Å². The molecule has 6 heteroatoms. The average molecular weight is 398 g/mol. The molecule has 0 aromatic heterocycles. The molecule has 3 rings (SSSR count). The summed E-state index contributed by atoms with van der Waals surface area (Å²) in [5.74, 6) is 0.671. The summed E-state index contributed by atoms with van der Waals surface area (Å²) in [7, 11) is 0. The summed E-state index contributed by atoms with van der Waals surface area (Å²) < 4.78 is 11.4. The molecule has 156 valence electrons. The van der Waals surface area contributed by atoms with Crippen LogP contribution < -0.4 is 20.7 Å². The van der Waals surface area contributed by atoms with Crippen LogP contribution in [0.25, 0.3) is 0 Å². The fourth-order valence-corrected chi connectivity index (χ4v) is 3.34. The number of amides is 1. The van der Waals surface area contributed by atoms with Gasteiger partial charge in [-0.2, -0.15) is 0 Å². The van der Waals surface area contributed by atoms with Crippen molar-refractivity contribution in [2.45, 2.75) is 39.0 Å². The Balaban J connectivity index is 1.53. The standard InChI is InChI=1S/C23H31N3O3/c1-2-5-22(24)23(27)25-16-18-6-4-9-21(15-18)29-17-19-7-3-8-20(14-19)26-10-12-28-13-11-26/h3-4,6-9,14-15,22H,2,5,10-13,16-17,24H2,1H3,(H,25,27). The molecule has 3 N–H and O–H groups in total. The Hall–Kier alpha value is -2.57. The van der Waals surface area contributed by atoms with Crippen LogP contribution in [0.15, 0.2) is 48.5 Å². The van der Waals surface area contributed by atoms with Crippen LogP contribution in [0.2, 0.25) is 0 Å². The van der Waals surface area contributed by atoms with Gasteiger partial charge in [-0.15, -0.1) is 0 Å². The van der Waals surface area contributed by atoms with Crippen LogP contribution >= 0.6 is 0 Å². The van der Waals surface area contributed by atoms with E-state index in [9.17, 15) is 4.79 Å². The zero-order valence-corrected chi connectivity index (χ0v) is 17.1. The highest BCUT2D eigenvalue weighted by Crippen LogP contribution is 2.20. The van der Waals surface area contributed by atoms with Crippen molar-refractivity contribution >= 4 is 11.6 Å². The van der Waals surface area contributed by atoms with Crippen molar-refractivity contribution in [1.29, 1.82) is 0 Å². The van der Waals surface area contributed by atoms with E-state index in [1.54, 1.807) is 0 Å². The molecule has 2 aromatic rings. The van der Waals surface area contributed by atoms with Crippen LogP contribution in [0.1, 0.15) is 30.9 Å². The van der Waals surface area contributed by atoms with Gasteiger partial charge in [0.05, 0.1) is 19.3 Å². The zero-order chi connectivity index (χ0) is 20.5. The molecule has 29 heavy (non-hydrogen) atoms. The van der Waals surface area contributed by atoms with Gasteiger partial charge in [-0.05, 0) is 41.8 Å². The molecule has 1 atom stereocenters. The van der Waals surface area contributed by atoms with E-state index in [4.69, 9.17) is 15.2 Å². The van der Waals surface area contributed by atoms with Crippen LogP contribution in [0.3, 0.4) is 0 Å². The first-order chi connectivity index (χ1) is 14.2. The van der Waals surface area contributed by atoms with Gasteiger partial charge < -0.3 is 25.4 Å². The van der Waals surface area contributed by atoms with E-state index < -0.39 is 6.04 Å². The lowest BCUT2D eigenvalue weighted by atomic mass is 10.1. The number of hydrogen-bond donors (Lipinski definition) is 2. The number of rotatable bonds is 9. The van der Waals surface area contributed by atoms with Gasteiger partial charge in [0.15, 0.2) is 0 Å². The summed E-state index contributed by atoms with van der Waals surface area (Å²) in [6.07, 6.45) is 1.59. The van der Waals surface area contributed by atoms with Crippen molar-refractivity contribution in [1.82, 2.24) is 5.32 Å². The Morgan fingerprint density at radius 2 is 1.93 bits per heavy atom. The molecule has 0 radical (unpaired) electrons. The maximum Gasteiger partial charge on any atom is 0.237 e. The summed E-state index contributed by atoms with van der Waals surface area (Å²) in [5.41, 5.74) is 9.17. The normalized spacial score (nSPS) is 15.0. The van der Waals surface area contributed by atoms with E-state index in [0.29, 0.717) is 19.6 Å². The molecule has 6 nitrogen and oxygen atoms in total. The van der Waals surface area contributed by atoms with E-state index >= 15 is 0 Å². The molecule has 1 saturated heterocycles. The smallest absolute Gasteiger partial charge is 0.237 e. The second-order valence-corrected chi connectivity index (χ2v) is 7.32. The van der Waals surface area contributed by atoms with Crippen molar-refractivity contribution < 1.29 is 14.3 Å². The molecule has 1 heterocycles. The highest BCUT2D eigenvalue weighted by atomic mass is 16.5. The molecular weight excluding hydrogens is 366 g/mol. The van der Waals surface area contributed by atoms with Crippen molar-refractivity contribution in [3.63, 3.8) is 0 Å². The second kappa shape index (κ2) is 10.8. The molecule has 1 unspecified atom stereocenters. The highest BCUT2D eigenvalue weighted by molar-refractivity contribution is 5.81. The van der Waals surface area contributed by atoms with E-state index in [1.807, 2.05) is 31.2 Å². The molecule has 1 amide bonds. The first-order valence-electron chi connectivity index (χ1n) is 10.3. The summed E-state index contributed by atoms with van der Waals surface area (Å²) in [6.45, 7) is 6.33. The van der Waals surface area contributed by atoms with Crippen LogP contribution in [0.5, 0.6) is 5.75 Å². The topological polar surface area (TPSA) is 76.8 Å². The van der Waals surface area contributed by atoms with Crippen molar-refractivity contribution in [2.75, 3.05) is 31.2 Å². The summed E-state index contributed by atoms with van der Waals surface area (Å²) in [6, 6.07) is 15.8. The molecule has 2 aromatic carbocycles. The molecular formula is C23H31N3O3. The number of ether oxygens (including phenoxy) is 2. The quantitative estimate of drug-likeness (QED) is 0.680. The number of hydrogen-bond acceptors (Lipinski definition) is 5. The Kier molecular flexibility index (Phi) is 7.90. The summed E-state index contributed by atoms with van der Waals surface area (Å²) in [5, 5.41) is 2.89. The van der Waals surface area contributed by atoms with E-state index in [1.165, 1.54) is 5.69 Å². The van der Waals surface area contributed by atoms with Gasteiger partial charge >= 0.3 is 0 Å². The fraction of sp³-hybridized carbons (Fsp3) is 0.435. The maximum atomic E-state index is 12.0. The number of morpholine rings is 1.